The molecule has 0 saturated carbocycles. The largest absolute Gasteiger partial charge is 0.493 e. The number of unbranched alkanes of at least 4 members (excludes halogenated alkanes) is 1. The van der Waals surface area contributed by atoms with Crippen LogP contribution in [0.1, 0.15) is 35.7 Å². The highest BCUT2D eigenvalue weighted by atomic mass is 16.5. The van der Waals surface area contributed by atoms with Crippen molar-refractivity contribution in [3.8, 4) is 11.5 Å². The van der Waals surface area contributed by atoms with Gasteiger partial charge in [-0.15, -0.1) is 0 Å². The van der Waals surface area contributed by atoms with E-state index in [-0.39, 0.29) is 5.91 Å². The molecule has 0 atom stereocenters. The average molecular weight is 326 g/mol. The first-order valence-corrected chi connectivity index (χ1v) is 7.94. The Hall–Kier alpha value is -2.82. The van der Waals surface area contributed by atoms with E-state index in [0.29, 0.717) is 23.7 Å². The maximum atomic E-state index is 11.9. The van der Waals surface area contributed by atoms with Crippen molar-refractivity contribution < 1.29 is 14.3 Å². The van der Waals surface area contributed by atoms with Crippen molar-refractivity contribution in [3.05, 3.63) is 59.7 Å². The number of carbonyl (C=O) groups is 1. The van der Waals surface area contributed by atoms with Crippen molar-refractivity contribution >= 4 is 12.1 Å². The lowest BCUT2D eigenvalue weighted by atomic mass is 10.2. The van der Waals surface area contributed by atoms with Crippen LogP contribution in [0.4, 0.5) is 0 Å². The molecule has 1 N–H and O–H groups in total. The Morgan fingerprint density at radius 2 is 1.96 bits per heavy atom. The number of hydrogen-bond acceptors (Lipinski definition) is 4. The van der Waals surface area contributed by atoms with Gasteiger partial charge in [0.05, 0.1) is 19.9 Å². The van der Waals surface area contributed by atoms with Crippen LogP contribution in [0, 0.1) is 0 Å². The zero-order valence-corrected chi connectivity index (χ0v) is 14.0. The molecule has 0 aliphatic rings. The third-order valence-corrected chi connectivity index (χ3v) is 3.36. The number of ether oxygens (including phenoxy) is 2. The smallest absolute Gasteiger partial charge is 0.271 e. The van der Waals surface area contributed by atoms with Crippen molar-refractivity contribution in [2.24, 2.45) is 5.10 Å². The zero-order valence-electron chi connectivity index (χ0n) is 14.0. The van der Waals surface area contributed by atoms with Gasteiger partial charge in [0, 0.05) is 5.56 Å². The lowest BCUT2D eigenvalue weighted by molar-refractivity contribution is 0.0955. The molecule has 0 saturated heterocycles. The zero-order chi connectivity index (χ0) is 17.2. The fourth-order valence-electron chi connectivity index (χ4n) is 2.03. The van der Waals surface area contributed by atoms with Gasteiger partial charge >= 0.3 is 0 Å². The molecule has 1 amide bonds. The van der Waals surface area contributed by atoms with Gasteiger partial charge in [0.25, 0.3) is 5.91 Å². The van der Waals surface area contributed by atoms with Crippen LogP contribution in [0.3, 0.4) is 0 Å². The van der Waals surface area contributed by atoms with E-state index in [1.165, 1.54) is 0 Å². The molecule has 2 aromatic carbocycles. The average Bonchev–Trinajstić information content (AvgIpc) is 2.63. The van der Waals surface area contributed by atoms with Crippen molar-refractivity contribution in [3.63, 3.8) is 0 Å². The number of nitrogens with one attached hydrogen (secondary N) is 1. The third-order valence-electron chi connectivity index (χ3n) is 3.36. The van der Waals surface area contributed by atoms with E-state index in [2.05, 4.69) is 17.5 Å². The van der Waals surface area contributed by atoms with E-state index in [4.69, 9.17) is 9.47 Å². The maximum Gasteiger partial charge on any atom is 0.271 e. The van der Waals surface area contributed by atoms with Gasteiger partial charge in [-0.2, -0.15) is 5.10 Å². The number of amides is 1. The number of carbonyl (C=O) groups excluding carboxylic acids is 1. The molecule has 0 aliphatic heterocycles. The summed E-state index contributed by atoms with van der Waals surface area (Å²) in [6, 6.07) is 14.5. The second kappa shape index (κ2) is 9.35. The standard InChI is InChI=1S/C19H22N2O3/c1-3-4-12-24-17-11-10-15(13-18(17)23-2)14-20-21-19(22)16-8-6-5-7-9-16/h5-11,13-14H,3-4,12H2,1-2H3,(H,21,22)/b20-14-. The monoisotopic (exact) mass is 326 g/mol. The maximum absolute atomic E-state index is 11.9. The number of benzene rings is 2. The van der Waals surface area contributed by atoms with Gasteiger partial charge in [-0.3, -0.25) is 4.79 Å². The molecule has 5 heteroatoms. The van der Waals surface area contributed by atoms with Crippen LogP contribution in [-0.2, 0) is 0 Å². The minimum absolute atomic E-state index is 0.252. The molecule has 24 heavy (non-hydrogen) atoms. The highest BCUT2D eigenvalue weighted by molar-refractivity contribution is 5.94. The van der Waals surface area contributed by atoms with Crippen molar-refractivity contribution in [2.75, 3.05) is 13.7 Å². The quantitative estimate of drug-likeness (QED) is 0.458. The molecule has 0 bridgehead atoms. The van der Waals surface area contributed by atoms with Gasteiger partial charge in [-0.1, -0.05) is 31.5 Å². The summed E-state index contributed by atoms with van der Waals surface area (Å²) in [4.78, 5) is 11.9. The summed E-state index contributed by atoms with van der Waals surface area (Å²) in [5.41, 5.74) is 3.87. The SMILES string of the molecule is CCCCOc1ccc(/C=N\NC(=O)c2ccccc2)cc1OC. The first-order chi connectivity index (χ1) is 11.7. The van der Waals surface area contributed by atoms with E-state index in [0.717, 1.165) is 18.4 Å². The molecule has 126 valence electrons. The molecule has 0 spiro atoms. The Balaban J connectivity index is 1.98. The van der Waals surface area contributed by atoms with Crippen LogP contribution >= 0.6 is 0 Å². The summed E-state index contributed by atoms with van der Waals surface area (Å²) in [6.45, 7) is 2.78. The summed E-state index contributed by atoms with van der Waals surface area (Å²) in [7, 11) is 1.60. The van der Waals surface area contributed by atoms with Crippen molar-refractivity contribution in [1.82, 2.24) is 5.43 Å². The van der Waals surface area contributed by atoms with E-state index < -0.39 is 0 Å². The number of nitrogens with zero attached hydrogens (tertiary/aromatic N) is 1. The van der Waals surface area contributed by atoms with Crippen LogP contribution in [0.5, 0.6) is 11.5 Å². The number of hydrogen-bond donors (Lipinski definition) is 1. The van der Waals surface area contributed by atoms with E-state index in [9.17, 15) is 4.79 Å². The molecule has 0 radical (unpaired) electrons. The van der Waals surface area contributed by atoms with Gasteiger partial charge in [-0.25, -0.2) is 5.43 Å². The molecule has 0 unspecified atom stereocenters. The molecule has 2 rings (SSSR count). The van der Waals surface area contributed by atoms with E-state index in [1.807, 2.05) is 24.3 Å². The summed E-state index contributed by atoms with van der Waals surface area (Å²) in [5, 5.41) is 3.98. The Labute approximate surface area is 142 Å². The fraction of sp³-hybridized carbons (Fsp3) is 0.263. The van der Waals surface area contributed by atoms with Crippen molar-refractivity contribution in [2.45, 2.75) is 19.8 Å². The molecule has 0 aromatic heterocycles. The highest BCUT2D eigenvalue weighted by Gasteiger charge is 2.05. The lowest BCUT2D eigenvalue weighted by Gasteiger charge is -2.10. The van der Waals surface area contributed by atoms with Crippen LogP contribution in [0.2, 0.25) is 0 Å². The Bertz CT molecular complexity index is 684. The minimum Gasteiger partial charge on any atom is -0.493 e. The first-order valence-electron chi connectivity index (χ1n) is 7.94. The minimum atomic E-state index is -0.252. The first kappa shape index (κ1) is 17.5. The van der Waals surface area contributed by atoms with Gasteiger partial charge in [0.15, 0.2) is 11.5 Å². The lowest BCUT2D eigenvalue weighted by Crippen LogP contribution is -2.17. The van der Waals surface area contributed by atoms with Crippen molar-refractivity contribution in [1.29, 1.82) is 0 Å². The molecular formula is C19H22N2O3. The molecule has 0 heterocycles. The summed E-state index contributed by atoms with van der Waals surface area (Å²) in [6.07, 6.45) is 3.64. The van der Waals surface area contributed by atoms with Crippen LogP contribution in [0.15, 0.2) is 53.6 Å². The van der Waals surface area contributed by atoms with Gasteiger partial charge < -0.3 is 9.47 Å². The molecular weight excluding hydrogens is 304 g/mol. The summed E-state index contributed by atoms with van der Waals surface area (Å²) >= 11 is 0. The predicted molar refractivity (Wildman–Crippen MR) is 94.9 cm³/mol. The molecule has 0 fully saturated rings. The summed E-state index contributed by atoms with van der Waals surface area (Å²) in [5.74, 6) is 1.10. The second-order valence-corrected chi connectivity index (χ2v) is 5.18. The molecule has 5 nitrogen and oxygen atoms in total. The number of methoxy groups -OCH3 is 1. The van der Waals surface area contributed by atoms with Gasteiger partial charge in [-0.05, 0) is 42.3 Å². The topological polar surface area (TPSA) is 59.9 Å². The number of hydrazone groups is 1. The highest BCUT2D eigenvalue weighted by Crippen LogP contribution is 2.27. The predicted octanol–water partition coefficient (Wildman–Crippen LogP) is 3.64. The van der Waals surface area contributed by atoms with Crippen LogP contribution in [0.25, 0.3) is 0 Å². The second-order valence-electron chi connectivity index (χ2n) is 5.18. The third kappa shape index (κ3) is 5.12. The Morgan fingerprint density at radius 1 is 1.17 bits per heavy atom. The Kier molecular flexibility index (Phi) is 6.83. The molecule has 2 aromatic rings. The van der Waals surface area contributed by atoms with E-state index >= 15 is 0 Å². The van der Waals surface area contributed by atoms with Gasteiger partial charge in [0.1, 0.15) is 0 Å². The number of rotatable bonds is 8. The fourth-order valence-corrected chi connectivity index (χ4v) is 2.03. The molecule has 0 aliphatic carbocycles. The Morgan fingerprint density at radius 3 is 2.67 bits per heavy atom. The summed E-state index contributed by atoms with van der Waals surface area (Å²) < 4.78 is 11.0. The van der Waals surface area contributed by atoms with E-state index in [1.54, 1.807) is 37.6 Å². The van der Waals surface area contributed by atoms with Gasteiger partial charge in [0.2, 0.25) is 0 Å². The normalized spacial score (nSPS) is 10.6. The van der Waals surface area contributed by atoms with Crippen LogP contribution in [-0.4, -0.2) is 25.8 Å². The van der Waals surface area contributed by atoms with Crippen LogP contribution < -0.4 is 14.9 Å².